The Hall–Kier alpha value is -3.70. The van der Waals surface area contributed by atoms with Gasteiger partial charge in [-0.3, -0.25) is 0 Å². The van der Waals surface area contributed by atoms with Crippen molar-refractivity contribution in [1.82, 2.24) is 0 Å². The Bertz CT molecular complexity index is 1540. The first-order valence-electron chi connectivity index (χ1n) is 11.4. The van der Waals surface area contributed by atoms with Gasteiger partial charge in [-0.05, 0) is 49.2 Å². The molecule has 0 N–H and O–H groups in total. The summed E-state index contributed by atoms with van der Waals surface area (Å²) in [5.74, 6) is 0.357. The van der Waals surface area contributed by atoms with Crippen LogP contribution in [0.25, 0.3) is 22.3 Å². The van der Waals surface area contributed by atoms with Crippen LogP contribution in [0.5, 0.6) is 28.7 Å². The smallest absolute Gasteiger partial charge is 0.306 e. The van der Waals surface area contributed by atoms with Gasteiger partial charge in [0.2, 0.25) is 0 Å². The third-order valence-electron chi connectivity index (χ3n) is 5.15. The molecule has 0 atom stereocenters. The minimum atomic E-state index is -4.03. The predicted octanol–water partition coefficient (Wildman–Crippen LogP) is 5.06. The second-order valence-corrected chi connectivity index (χ2v) is 11.7. The molecule has 0 saturated heterocycles. The zero-order chi connectivity index (χ0) is 28.1. The molecule has 9 nitrogen and oxygen atoms in total. The number of rotatable bonds is 11. The summed E-state index contributed by atoms with van der Waals surface area (Å²) < 4.78 is 76.4. The van der Waals surface area contributed by atoms with Crippen LogP contribution >= 0.6 is 0 Å². The van der Waals surface area contributed by atoms with Crippen molar-refractivity contribution in [2.24, 2.45) is 0 Å². The van der Waals surface area contributed by atoms with E-state index >= 15 is 0 Å². The molecule has 0 bridgehead atoms. The molecule has 11 heteroatoms. The standard InChI is InChI=1S/C27H30O9S2/c1-18(2)14-15-34-22-13-12-20(16-23(22)35-37(5,28)29)25-24(32-3)17-21(19-10-8-7-9-11-19)26(33-4)27(25)36-38(6,30)31/h7-14,16-17H,15H2,1-6H3. The van der Waals surface area contributed by atoms with Gasteiger partial charge in [0.25, 0.3) is 0 Å². The second kappa shape index (κ2) is 11.8. The summed E-state index contributed by atoms with van der Waals surface area (Å²) in [5, 5.41) is 0. The quantitative estimate of drug-likeness (QED) is 0.234. The largest absolute Gasteiger partial charge is 0.496 e. The fourth-order valence-electron chi connectivity index (χ4n) is 3.63. The van der Waals surface area contributed by atoms with Crippen LogP contribution < -0.4 is 22.6 Å². The van der Waals surface area contributed by atoms with E-state index in [0.29, 0.717) is 11.1 Å². The van der Waals surface area contributed by atoms with Gasteiger partial charge >= 0.3 is 20.2 Å². The highest BCUT2D eigenvalue weighted by molar-refractivity contribution is 7.86. The Kier molecular flexibility index (Phi) is 8.95. The molecular formula is C27H30O9S2. The lowest BCUT2D eigenvalue weighted by atomic mass is 9.96. The van der Waals surface area contributed by atoms with E-state index in [4.69, 9.17) is 22.6 Å². The third kappa shape index (κ3) is 7.42. The van der Waals surface area contributed by atoms with E-state index in [0.717, 1.165) is 23.6 Å². The normalized spacial score (nSPS) is 11.4. The van der Waals surface area contributed by atoms with Gasteiger partial charge in [0.15, 0.2) is 23.0 Å². The van der Waals surface area contributed by atoms with Crippen molar-refractivity contribution in [2.45, 2.75) is 13.8 Å². The van der Waals surface area contributed by atoms with Crippen molar-refractivity contribution < 1.29 is 39.4 Å². The molecule has 38 heavy (non-hydrogen) atoms. The second-order valence-electron chi connectivity index (χ2n) is 8.56. The maximum Gasteiger partial charge on any atom is 0.306 e. The van der Waals surface area contributed by atoms with Crippen LogP contribution in [0.15, 0.2) is 66.2 Å². The van der Waals surface area contributed by atoms with E-state index < -0.39 is 20.2 Å². The molecule has 0 unspecified atom stereocenters. The van der Waals surface area contributed by atoms with E-state index in [9.17, 15) is 16.8 Å². The summed E-state index contributed by atoms with van der Waals surface area (Å²) in [4.78, 5) is 0. The molecule has 0 aliphatic heterocycles. The highest BCUT2D eigenvalue weighted by atomic mass is 32.2. The number of allylic oxidation sites excluding steroid dienone is 1. The van der Waals surface area contributed by atoms with Gasteiger partial charge in [-0.2, -0.15) is 16.8 Å². The van der Waals surface area contributed by atoms with Gasteiger partial charge in [-0.25, -0.2) is 0 Å². The van der Waals surface area contributed by atoms with Crippen molar-refractivity contribution >= 4 is 20.2 Å². The van der Waals surface area contributed by atoms with Crippen LogP contribution in [0.4, 0.5) is 0 Å². The van der Waals surface area contributed by atoms with Crippen LogP contribution in [-0.2, 0) is 20.2 Å². The maximum atomic E-state index is 12.3. The number of methoxy groups -OCH3 is 2. The Morgan fingerprint density at radius 3 is 1.95 bits per heavy atom. The van der Waals surface area contributed by atoms with Crippen LogP contribution in [0.2, 0.25) is 0 Å². The lowest BCUT2D eigenvalue weighted by molar-refractivity contribution is 0.347. The lowest BCUT2D eigenvalue weighted by Crippen LogP contribution is -2.10. The Balaban J connectivity index is 2.33. The molecule has 0 amide bonds. The molecule has 3 rings (SSSR count). The van der Waals surface area contributed by atoms with Crippen molar-refractivity contribution in [3.05, 3.63) is 66.2 Å². The highest BCUT2D eigenvalue weighted by Gasteiger charge is 2.27. The Morgan fingerprint density at radius 1 is 0.737 bits per heavy atom. The van der Waals surface area contributed by atoms with Gasteiger partial charge in [-0.15, -0.1) is 0 Å². The van der Waals surface area contributed by atoms with Gasteiger partial charge in [-0.1, -0.05) is 42.0 Å². The van der Waals surface area contributed by atoms with Crippen LogP contribution in [0.1, 0.15) is 13.8 Å². The van der Waals surface area contributed by atoms with Gasteiger partial charge in [0.1, 0.15) is 12.4 Å². The molecule has 3 aromatic rings. The molecular weight excluding hydrogens is 532 g/mol. The van der Waals surface area contributed by atoms with E-state index in [-0.39, 0.29) is 40.9 Å². The lowest BCUT2D eigenvalue weighted by Gasteiger charge is -2.21. The average Bonchev–Trinajstić information content (AvgIpc) is 2.82. The monoisotopic (exact) mass is 562 g/mol. The summed E-state index contributed by atoms with van der Waals surface area (Å²) >= 11 is 0. The SMILES string of the molecule is COc1cc(-c2ccccc2)c(OC)c(OS(C)(=O)=O)c1-c1ccc(OCC=C(C)C)c(OS(C)(=O)=O)c1. The van der Waals surface area contributed by atoms with Gasteiger partial charge < -0.3 is 22.6 Å². The highest BCUT2D eigenvalue weighted by Crippen LogP contribution is 2.51. The summed E-state index contributed by atoms with van der Waals surface area (Å²) in [6.07, 6.45) is 3.65. The minimum Gasteiger partial charge on any atom is -0.496 e. The Labute approximate surface area is 223 Å². The molecule has 3 aromatic carbocycles. The van der Waals surface area contributed by atoms with Crippen molar-refractivity contribution in [1.29, 1.82) is 0 Å². The summed E-state index contributed by atoms with van der Waals surface area (Å²) in [6.45, 7) is 4.00. The van der Waals surface area contributed by atoms with E-state index in [1.807, 2.05) is 50.3 Å². The number of hydrogen-bond acceptors (Lipinski definition) is 9. The maximum absolute atomic E-state index is 12.3. The van der Waals surface area contributed by atoms with Crippen molar-refractivity contribution in [3.8, 4) is 51.0 Å². The first-order chi connectivity index (χ1) is 17.8. The molecule has 0 spiro atoms. The van der Waals surface area contributed by atoms with Crippen molar-refractivity contribution in [3.63, 3.8) is 0 Å². The number of hydrogen-bond donors (Lipinski definition) is 0. The van der Waals surface area contributed by atoms with Gasteiger partial charge in [0.05, 0.1) is 32.3 Å². The topological polar surface area (TPSA) is 114 Å². The summed E-state index contributed by atoms with van der Waals surface area (Å²) in [7, 11) is -5.13. The number of benzene rings is 3. The zero-order valence-corrected chi connectivity index (χ0v) is 23.6. The molecule has 0 fully saturated rings. The first-order valence-corrected chi connectivity index (χ1v) is 15.0. The third-order valence-corrected chi connectivity index (χ3v) is 6.10. The molecule has 0 saturated carbocycles. The molecule has 0 radical (unpaired) electrons. The van der Waals surface area contributed by atoms with Crippen LogP contribution in [0, 0.1) is 0 Å². The van der Waals surface area contributed by atoms with Crippen molar-refractivity contribution in [2.75, 3.05) is 33.3 Å². The minimum absolute atomic E-state index is 0.0920. The molecule has 0 aliphatic rings. The fraction of sp³-hybridized carbons (Fsp3) is 0.259. The summed E-state index contributed by atoms with van der Waals surface area (Å²) in [5.41, 5.74) is 2.83. The van der Waals surface area contributed by atoms with Crippen LogP contribution in [-0.4, -0.2) is 50.2 Å². The summed E-state index contributed by atoms with van der Waals surface area (Å²) in [6, 6.07) is 15.4. The molecule has 204 valence electrons. The Morgan fingerprint density at radius 2 is 1.39 bits per heavy atom. The predicted molar refractivity (Wildman–Crippen MR) is 146 cm³/mol. The molecule has 0 aromatic heterocycles. The average molecular weight is 563 g/mol. The molecule has 0 aliphatic carbocycles. The number of ether oxygens (including phenoxy) is 3. The first kappa shape index (κ1) is 28.9. The van der Waals surface area contributed by atoms with E-state index in [1.165, 1.54) is 26.4 Å². The van der Waals surface area contributed by atoms with Crippen LogP contribution in [0.3, 0.4) is 0 Å². The van der Waals surface area contributed by atoms with Gasteiger partial charge in [0, 0.05) is 5.56 Å². The molecule has 0 heterocycles. The van der Waals surface area contributed by atoms with E-state index in [2.05, 4.69) is 0 Å². The zero-order valence-electron chi connectivity index (χ0n) is 22.0. The van der Waals surface area contributed by atoms with E-state index in [1.54, 1.807) is 12.1 Å². The fourth-order valence-corrected chi connectivity index (χ4v) is 4.54.